The minimum absolute atomic E-state index is 0. The van der Waals surface area contributed by atoms with E-state index in [2.05, 4.69) is 46.1 Å². The fourth-order valence-electron chi connectivity index (χ4n) is 3.25. The van der Waals surface area contributed by atoms with Crippen molar-refractivity contribution in [3.63, 3.8) is 0 Å². The summed E-state index contributed by atoms with van der Waals surface area (Å²) in [4.78, 5) is 9.21. The van der Waals surface area contributed by atoms with Gasteiger partial charge in [-0.15, -0.1) is 24.0 Å². The first kappa shape index (κ1) is 25.2. The van der Waals surface area contributed by atoms with E-state index in [1.54, 1.807) is 6.20 Å². The minimum atomic E-state index is 0. The zero-order valence-electron chi connectivity index (χ0n) is 18.2. The first-order valence-corrected chi connectivity index (χ1v) is 10.7. The molecule has 2 heterocycles. The van der Waals surface area contributed by atoms with Crippen molar-refractivity contribution >= 4 is 41.5 Å². The van der Waals surface area contributed by atoms with E-state index in [0.717, 1.165) is 35.5 Å². The lowest BCUT2D eigenvalue weighted by molar-refractivity contribution is 0.504. The maximum absolute atomic E-state index is 6.07. The van der Waals surface area contributed by atoms with Crippen molar-refractivity contribution in [2.24, 2.45) is 10.9 Å². The molecule has 2 aromatic heterocycles. The summed E-state index contributed by atoms with van der Waals surface area (Å²) in [7, 11) is 0. The molecule has 0 aliphatic rings. The van der Waals surface area contributed by atoms with Gasteiger partial charge in [0, 0.05) is 49.4 Å². The second kappa shape index (κ2) is 12.7. The summed E-state index contributed by atoms with van der Waals surface area (Å²) in [5.41, 5.74) is 1.12. The van der Waals surface area contributed by atoms with Gasteiger partial charge in [-0.3, -0.25) is 4.68 Å². The van der Waals surface area contributed by atoms with Gasteiger partial charge in [0.1, 0.15) is 12.4 Å². The number of aliphatic imine (C=N–C) groups is 1. The Morgan fingerprint density at radius 3 is 2.55 bits per heavy atom. The molecule has 1 unspecified atom stereocenters. The van der Waals surface area contributed by atoms with Gasteiger partial charge in [0.2, 0.25) is 0 Å². The van der Waals surface area contributed by atoms with Crippen LogP contribution in [0.5, 0.6) is 0 Å². The van der Waals surface area contributed by atoms with Gasteiger partial charge in [0.15, 0.2) is 5.96 Å². The highest BCUT2D eigenvalue weighted by Gasteiger charge is 2.15. The van der Waals surface area contributed by atoms with Crippen LogP contribution in [0.15, 0.2) is 60.1 Å². The molecule has 0 amide bonds. The SMILES string of the molecule is CCNC(=NCc1nccn1CC(C)C)NCC(c1ccc(Cl)cc1)n1cccn1.I. The van der Waals surface area contributed by atoms with Crippen molar-refractivity contribution in [2.75, 3.05) is 13.1 Å². The Morgan fingerprint density at radius 1 is 1.13 bits per heavy atom. The van der Waals surface area contributed by atoms with E-state index < -0.39 is 0 Å². The van der Waals surface area contributed by atoms with Gasteiger partial charge in [-0.1, -0.05) is 37.6 Å². The molecular formula is C22H31ClIN7. The van der Waals surface area contributed by atoms with Crippen molar-refractivity contribution in [3.8, 4) is 0 Å². The fourth-order valence-corrected chi connectivity index (χ4v) is 3.38. The monoisotopic (exact) mass is 555 g/mol. The van der Waals surface area contributed by atoms with Crippen LogP contribution in [0.1, 0.15) is 38.2 Å². The zero-order valence-corrected chi connectivity index (χ0v) is 21.3. The predicted molar refractivity (Wildman–Crippen MR) is 137 cm³/mol. The molecule has 1 aromatic carbocycles. The van der Waals surface area contributed by atoms with Crippen LogP contribution in [-0.2, 0) is 13.1 Å². The van der Waals surface area contributed by atoms with Crippen LogP contribution < -0.4 is 10.6 Å². The highest BCUT2D eigenvalue weighted by Crippen LogP contribution is 2.19. The molecule has 0 radical (unpaired) electrons. The number of imidazole rings is 1. The first-order chi connectivity index (χ1) is 14.6. The average molecular weight is 556 g/mol. The van der Waals surface area contributed by atoms with E-state index in [0.29, 0.717) is 19.0 Å². The number of nitrogens with zero attached hydrogens (tertiary/aromatic N) is 5. The van der Waals surface area contributed by atoms with Gasteiger partial charge in [-0.05, 0) is 36.6 Å². The number of aromatic nitrogens is 4. The molecule has 3 rings (SSSR count). The van der Waals surface area contributed by atoms with Crippen molar-refractivity contribution in [2.45, 2.75) is 39.9 Å². The van der Waals surface area contributed by atoms with Gasteiger partial charge < -0.3 is 15.2 Å². The molecule has 0 fully saturated rings. The topological polar surface area (TPSA) is 72.1 Å². The smallest absolute Gasteiger partial charge is 0.191 e. The lowest BCUT2D eigenvalue weighted by Crippen LogP contribution is -2.40. The number of hydrogen-bond donors (Lipinski definition) is 2. The van der Waals surface area contributed by atoms with Crippen molar-refractivity contribution in [3.05, 3.63) is 71.5 Å². The number of benzene rings is 1. The Kier molecular flexibility index (Phi) is 10.3. The van der Waals surface area contributed by atoms with Gasteiger partial charge in [0.05, 0.1) is 6.04 Å². The maximum atomic E-state index is 6.07. The minimum Gasteiger partial charge on any atom is -0.357 e. The third-order valence-electron chi connectivity index (χ3n) is 4.65. The van der Waals surface area contributed by atoms with Gasteiger partial charge in [0.25, 0.3) is 0 Å². The zero-order chi connectivity index (χ0) is 21.3. The normalized spacial score (nSPS) is 12.5. The largest absolute Gasteiger partial charge is 0.357 e. The van der Waals surface area contributed by atoms with E-state index in [1.807, 2.05) is 53.6 Å². The van der Waals surface area contributed by atoms with Gasteiger partial charge in [-0.2, -0.15) is 5.10 Å². The summed E-state index contributed by atoms with van der Waals surface area (Å²) in [6, 6.07) is 9.81. The van der Waals surface area contributed by atoms with Crippen molar-refractivity contribution in [1.82, 2.24) is 30.0 Å². The molecule has 0 aliphatic heterocycles. The van der Waals surface area contributed by atoms with E-state index >= 15 is 0 Å². The Morgan fingerprint density at radius 2 is 1.90 bits per heavy atom. The van der Waals surface area contributed by atoms with Crippen LogP contribution in [0, 0.1) is 5.92 Å². The molecule has 0 spiro atoms. The quantitative estimate of drug-likeness (QED) is 0.234. The maximum Gasteiger partial charge on any atom is 0.191 e. The molecule has 168 valence electrons. The number of nitrogens with one attached hydrogen (secondary N) is 2. The molecule has 1 atom stereocenters. The molecule has 9 heteroatoms. The van der Waals surface area contributed by atoms with Crippen LogP contribution in [0.25, 0.3) is 0 Å². The summed E-state index contributed by atoms with van der Waals surface area (Å²) in [5, 5.41) is 11.9. The Bertz CT molecular complexity index is 920. The Balaban J connectivity index is 0.00000341. The number of guanidine groups is 1. The van der Waals surface area contributed by atoms with Crippen LogP contribution in [0.4, 0.5) is 0 Å². The lowest BCUT2D eigenvalue weighted by Gasteiger charge is -2.20. The number of hydrogen-bond acceptors (Lipinski definition) is 3. The van der Waals surface area contributed by atoms with Gasteiger partial charge >= 0.3 is 0 Å². The lowest BCUT2D eigenvalue weighted by atomic mass is 10.1. The van der Waals surface area contributed by atoms with Crippen LogP contribution >= 0.6 is 35.6 Å². The molecule has 31 heavy (non-hydrogen) atoms. The molecule has 0 saturated heterocycles. The van der Waals surface area contributed by atoms with E-state index in [4.69, 9.17) is 16.6 Å². The molecular weight excluding hydrogens is 525 g/mol. The second-order valence-electron chi connectivity index (χ2n) is 7.52. The first-order valence-electron chi connectivity index (χ1n) is 10.3. The predicted octanol–water partition coefficient (Wildman–Crippen LogP) is 4.35. The third-order valence-corrected chi connectivity index (χ3v) is 4.90. The van der Waals surface area contributed by atoms with E-state index in [-0.39, 0.29) is 30.0 Å². The highest BCUT2D eigenvalue weighted by molar-refractivity contribution is 14.0. The molecule has 3 aromatic rings. The Hall–Kier alpha value is -2.07. The standard InChI is InChI=1S/C22H30ClN7.HI/c1-4-24-22(27-15-21-25-11-13-29(21)16-17(2)3)26-14-20(30-12-5-10-28-30)18-6-8-19(23)9-7-18;/h5-13,17,20H,4,14-16H2,1-3H3,(H2,24,26,27);1H. The van der Waals surface area contributed by atoms with E-state index in [9.17, 15) is 0 Å². The molecule has 0 saturated carbocycles. The summed E-state index contributed by atoms with van der Waals surface area (Å²) in [6.07, 6.45) is 7.60. The summed E-state index contributed by atoms with van der Waals surface area (Å²) in [5.74, 6) is 2.27. The number of rotatable bonds is 9. The van der Waals surface area contributed by atoms with Crippen LogP contribution in [0.2, 0.25) is 5.02 Å². The second-order valence-corrected chi connectivity index (χ2v) is 7.96. The van der Waals surface area contributed by atoms with Crippen LogP contribution in [-0.4, -0.2) is 38.4 Å². The molecule has 2 N–H and O–H groups in total. The van der Waals surface area contributed by atoms with E-state index in [1.165, 1.54) is 0 Å². The summed E-state index contributed by atoms with van der Waals surface area (Å²) >= 11 is 6.07. The third kappa shape index (κ3) is 7.53. The average Bonchev–Trinajstić information content (AvgIpc) is 3.39. The number of halogens is 2. The fraction of sp³-hybridized carbons (Fsp3) is 0.409. The molecule has 0 aliphatic carbocycles. The van der Waals surface area contributed by atoms with Crippen molar-refractivity contribution in [1.29, 1.82) is 0 Å². The van der Waals surface area contributed by atoms with Crippen LogP contribution in [0.3, 0.4) is 0 Å². The Labute approximate surface area is 206 Å². The molecule has 0 bridgehead atoms. The van der Waals surface area contributed by atoms with Gasteiger partial charge in [-0.25, -0.2) is 9.98 Å². The van der Waals surface area contributed by atoms with Crippen molar-refractivity contribution < 1.29 is 0 Å². The molecule has 7 nitrogen and oxygen atoms in total. The summed E-state index contributed by atoms with van der Waals surface area (Å²) in [6.45, 7) is 9.32. The summed E-state index contributed by atoms with van der Waals surface area (Å²) < 4.78 is 4.10. The highest BCUT2D eigenvalue weighted by atomic mass is 127.